The molecule has 1 aromatic carbocycles. The highest BCUT2D eigenvalue weighted by atomic mass is 35.5. The van der Waals surface area contributed by atoms with Gasteiger partial charge in [-0.15, -0.1) is 0 Å². The van der Waals surface area contributed by atoms with Crippen LogP contribution in [0.1, 0.15) is 24.8 Å². The number of ether oxygens (including phenoxy) is 3. The van der Waals surface area contributed by atoms with Gasteiger partial charge in [-0.1, -0.05) is 11.6 Å². The molecule has 0 spiro atoms. The molecule has 0 unspecified atom stereocenters. The summed E-state index contributed by atoms with van der Waals surface area (Å²) in [4.78, 5) is 16.8. The predicted octanol–water partition coefficient (Wildman–Crippen LogP) is 2.28. The maximum atomic E-state index is 12.5. The summed E-state index contributed by atoms with van der Waals surface area (Å²) in [5.41, 5.74) is 1.03. The number of nitrogens with zero attached hydrogens (tertiary/aromatic N) is 2. The molecule has 0 bridgehead atoms. The van der Waals surface area contributed by atoms with Gasteiger partial charge in [-0.3, -0.25) is 9.69 Å². The zero-order chi connectivity index (χ0) is 17.2. The third-order valence-electron chi connectivity index (χ3n) is 5.04. The van der Waals surface area contributed by atoms with Crippen molar-refractivity contribution in [2.24, 2.45) is 0 Å². The van der Waals surface area contributed by atoms with Gasteiger partial charge in [-0.2, -0.15) is 0 Å². The van der Waals surface area contributed by atoms with Crippen molar-refractivity contribution in [1.82, 2.24) is 9.80 Å². The van der Waals surface area contributed by atoms with Gasteiger partial charge in [0.05, 0.1) is 0 Å². The van der Waals surface area contributed by atoms with Crippen LogP contribution in [-0.4, -0.2) is 61.4 Å². The Morgan fingerprint density at radius 1 is 1.12 bits per heavy atom. The van der Waals surface area contributed by atoms with Gasteiger partial charge in [0.2, 0.25) is 6.79 Å². The molecule has 6 nitrogen and oxygen atoms in total. The maximum absolute atomic E-state index is 12.5. The minimum Gasteiger partial charge on any atom is -0.454 e. The quantitative estimate of drug-likeness (QED) is 0.821. The lowest BCUT2D eigenvalue weighted by Gasteiger charge is -2.24. The standard InChI is InChI=1S/C18H23ClN2O4/c19-14-10-17-16(24-12-25-17)9-13(14)11-20-4-2-5-21(7-6-20)18(22)15-3-1-8-23-15/h9-10,15H,1-8,11-12H2/t15-/m0/s1. The Labute approximate surface area is 152 Å². The van der Waals surface area contributed by atoms with Crippen molar-refractivity contribution < 1.29 is 19.0 Å². The van der Waals surface area contributed by atoms with E-state index in [9.17, 15) is 4.79 Å². The van der Waals surface area contributed by atoms with Gasteiger partial charge in [0, 0.05) is 50.4 Å². The van der Waals surface area contributed by atoms with Crippen molar-refractivity contribution in [1.29, 1.82) is 0 Å². The molecule has 1 aromatic rings. The number of amides is 1. The third-order valence-corrected chi connectivity index (χ3v) is 5.39. The molecule has 4 rings (SSSR count). The van der Waals surface area contributed by atoms with Crippen LogP contribution >= 0.6 is 11.6 Å². The summed E-state index contributed by atoms with van der Waals surface area (Å²) < 4.78 is 16.3. The van der Waals surface area contributed by atoms with Crippen LogP contribution in [0.25, 0.3) is 0 Å². The largest absolute Gasteiger partial charge is 0.454 e. The van der Waals surface area contributed by atoms with E-state index >= 15 is 0 Å². The van der Waals surface area contributed by atoms with E-state index in [0.717, 1.165) is 63.3 Å². The van der Waals surface area contributed by atoms with Crippen LogP contribution in [0.15, 0.2) is 12.1 Å². The Hall–Kier alpha value is -1.50. The zero-order valence-electron chi connectivity index (χ0n) is 14.2. The summed E-state index contributed by atoms with van der Waals surface area (Å²) in [5.74, 6) is 1.61. The average molecular weight is 367 g/mol. The molecule has 3 aliphatic heterocycles. The highest BCUT2D eigenvalue weighted by Gasteiger charge is 2.29. The number of hydrogen-bond donors (Lipinski definition) is 0. The monoisotopic (exact) mass is 366 g/mol. The van der Waals surface area contributed by atoms with E-state index in [1.165, 1.54) is 0 Å². The second-order valence-corrected chi connectivity index (χ2v) is 7.16. The molecule has 0 aromatic heterocycles. The van der Waals surface area contributed by atoms with Crippen molar-refractivity contribution in [3.8, 4) is 11.5 Å². The Kier molecular flexibility index (Phi) is 5.01. The SMILES string of the molecule is O=C([C@@H]1CCCO1)N1CCCN(Cc2cc3c(cc2Cl)OCO3)CC1. The van der Waals surface area contributed by atoms with Crippen LogP contribution in [-0.2, 0) is 16.1 Å². The number of halogens is 1. The molecule has 2 fully saturated rings. The molecule has 7 heteroatoms. The molecule has 25 heavy (non-hydrogen) atoms. The number of fused-ring (bicyclic) bond motifs is 1. The van der Waals surface area contributed by atoms with Gasteiger partial charge in [-0.05, 0) is 30.9 Å². The summed E-state index contributed by atoms with van der Waals surface area (Å²) in [7, 11) is 0. The lowest BCUT2D eigenvalue weighted by Crippen LogP contribution is -2.41. The molecule has 0 aliphatic carbocycles. The highest BCUT2D eigenvalue weighted by molar-refractivity contribution is 6.31. The van der Waals surface area contributed by atoms with E-state index in [1.54, 1.807) is 0 Å². The molecule has 1 amide bonds. The van der Waals surface area contributed by atoms with E-state index in [0.29, 0.717) is 17.4 Å². The molecule has 3 heterocycles. The fraction of sp³-hybridized carbons (Fsp3) is 0.611. The van der Waals surface area contributed by atoms with Crippen molar-refractivity contribution >= 4 is 17.5 Å². The van der Waals surface area contributed by atoms with Gasteiger partial charge in [0.1, 0.15) is 6.10 Å². The van der Waals surface area contributed by atoms with Crippen LogP contribution in [0.2, 0.25) is 5.02 Å². The minimum atomic E-state index is -0.227. The van der Waals surface area contributed by atoms with Crippen molar-refractivity contribution in [2.75, 3.05) is 39.6 Å². The number of carbonyl (C=O) groups is 1. The number of carbonyl (C=O) groups excluding carboxylic acids is 1. The summed E-state index contributed by atoms with van der Waals surface area (Å²) in [6.45, 7) is 5.02. The maximum Gasteiger partial charge on any atom is 0.251 e. The first-order valence-electron chi connectivity index (χ1n) is 8.91. The molecule has 0 saturated carbocycles. The summed E-state index contributed by atoms with van der Waals surface area (Å²) in [5, 5.41) is 0.695. The average Bonchev–Trinajstić information content (AvgIpc) is 3.23. The first kappa shape index (κ1) is 16.9. The smallest absolute Gasteiger partial charge is 0.251 e. The van der Waals surface area contributed by atoms with Gasteiger partial charge >= 0.3 is 0 Å². The molecule has 0 N–H and O–H groups in total. The second-order valence-electron chi connectivity index (χ2n) is 6.75. The normalized spacial score (nSPS) is 23.7. The molecule has 3 aliphatic rings. The van der Waals surface area contributed by atoms with E-state index in [2.05, 4.69) is 4.90 Å². The topological polar surface area (TPSA) is 51.2 Å². The summed E-state index contributed by atoms with van der Waals surface area (Å²) >= 11 is 6.39. The van der Waals surface area contributed by atoms with Crippen LogP contribution < -0.4 is 9.47 Å². The van der Waals surface area contributed by atoms with Crippen LogP contribution in [0.3, 0.4) is 0 Å². The molecular weight excluding hydrogens is 344 g/mol. The Bertz CT molecular complexity index is 648. The number of benzene rings is 1. The van der Waals surface area contributed by atoms with E-state index in [1.807, 2.05) is 17.0 Å². The van der Waals surface area contributed by atoms with Crippen molar-refractivity contribution in [3.63, 3.8) is 0 Å². The predicted molar refractivity (Wildman–Crippen MR) is 93.0 cm³/mol. The molecule has 136 valence electrons. The first-order chi connectivity index (χ1) is 12.2. The Morgan fingerprint density at radius 2 is 1.96 bits per heavy atom. The highest BCUT2D eigenvalue weighted by Crippen LogP contribution is 2.37. The molecule has 2 saturated heterocycles. The van der Waals surface area contributed by atoms with Gasteiger partial charge in [0.25, 0.3) is 5.91 Å². The van der Waals surface area contributed by atoms with Crippen molar-refractivity contribution in [3.05, 3.63) is 22.7 Å². The van der Waals surface area contributed by atoms with Gasteiger partial charge in [0.15, 0.2) is 11.5 Å². The Morgan fingerprint density at radius 3 is 2.76 bits per heavy atom. The van der Waals surface area contributed by atoms with E-state index < -0.39 is 0 Å². The number of hydrogen-bond acceptors (Lipinski definition) is 5. The molecular formula is C18H23ClN2O4. The third kappa shape index (κ3) is 3.71. The summed E-state index contributed by atoms with van der Waals surface area (Å²) in [6, 6.07) is 3.79. The fourth-order valence-electron chi connectivity index (χ4n) is 3.65. The zero-order valence-corrected chi connectivity index (χ0v) is 15.0. The second kappa shape index (κ2) is 7.40. The minimum absolute atomic E-state index is 0.153. The van der Waals surface area contributed by atoms with Gasteiger partial charge in [-0.25, -0.2) is 0 Å². The first-order valence-corrected chi connectivity index (χ1v) is 9.29. The van der Waals surface area contributed by atoms with Crippen molar-refractivity contribution in [2.45, 2.75) is 31.9 Å². The molecule has 1 atom stereocenters. The van der Waals surface area contributed by atoms with E-state index in [4.69, 9.17) is 25.8 Å². The fourth-order valence-corrected chi connectivity index (χ4v) is 3.86. The van der Waals surface area contributed by atoms with E-state index in [-0.39, 0.29) is 18.8 Å². The number of rotatable bonds is 3. The lowest BCUT2D eigenvalue weighted by molar-refractivity contribution is -0.140. The lowest BCUT2D eigenvalue weighted by atomic mass is 10.2. The van der Waals surface area contributed by atoms with Crippen LogP contribution in [0.4, 0.5) is 0 Å². The molecule has 0 radical (unpaired) electrons. The van der Waals surface area contributed by atoms with Gasteiger partial charge < -0.3 is 19.1 Å². The van der Waals surface area contributed by atoms with Crippen LogP contribution in [0, 0.1) is 0 Å². The van der Waals surface area contributed by atoms with Crippen LogP contribution in [0.5, 0.6) is 11.5 Å². The Balaban J connectivity index is 1.37. The summed E-state index contributed by atoms with van der Waals surface area (Å²) in [6.07, 6.45) is 2.57.